The average molecular weight is 212 g/mol. The van der Waals surface area contributed by atoms with Crippen molar-refractivity contribution in [3.05, 3.63) is 35.6 Å². The Bertz CT molecular complexity index is 300. The van der Waals surface area contributed by atoms with Gasteiger partial charge >= 0.3 is 0 Å². The molecule has 0 aliphatic heterocycles. The first-order valence-electron chi connectivity index (χ1n) is 4.86. The summed E-state index contributed by atoms with van der Waals surface area (Å²) in [5.41, 5.74) is 6.29. The Morgan fingerprint density at radius 3 is 2.27 bits per heavy atom. The number of hydrogen-bond acceptors (Lipinski definition) is 3. The van der Waals surface area contributed by atoms with Crippen LogP contribution in [0.15, 0.2) is 24.3 Å². The van der Waals surface area contributed by atoms with Gasteiger partial charge < -0.3 is 15.7 Å². The number of hydrogen-bond donors (Lipinski definition) is 2. The van der Waals surface area contributed by atoms with E-state index in [1.54, 1.807) is 12.1 Å². The topological polar surface area (TPSA) is 49.5 Å². The summed E-state index contributed by atoms with van der Waals surface area (Å²) in [6, 6.07) is 5.90. The van der Waals surface area contributed by atoms with Crippen LogP contribution in [0.1, 0.15) is 11.6 Å². The van der Waals surface area contributed by atoms with Gasteiger partial charge in [-0.2, -0.15) is 0 Å². The number of aliphatic hydroxyl groups excluding tert-OH is 1. The Morgan fingerprint density at radius 1 is 1.33 bits per heavy atom. The van der Waals surface area contributed by atoms with Crippen LogP contribution >= 0.6 is 0 Å². The van der Waals surface area contributed by atoms with Gasteiger partial charge in [0.2, 0.25) is 0 Å². The van der Waals surface area contributed by atoms with Gasteiger partial charge in [0.05, 0.1) is 12.1 Å². The third kappa shape index (κ3) is 2.99. The van der Waals surface area contributed by atoms with Crippen LogP contribution < -0.4 is 5.73 Å². The van der Waals surface area contributed by atoms with Crippen LogP contribution in [0, 0.1) is 5.82 Å². The Kier molecular flexibility index (Phi) is 4.20. The molecule has 0 radical (unpaired) electrons. The van der Waals surface area contributed by atoms with Crippen molar-refractivity contribution < 1.29 is 9.50 Å². The van der Waals surface area contributed by atoms with Gasteiger partial charge in [-0.15, -0.1) is 0 Å². The summed E-state index contributed by atoms with van der Waals surface area (Å²) in [7, 11) is 3.71. The summed E-state index contributed by atoms with van der Waals surface area (Å²) < 4.78 is 12.7. The van der Waals surface area contributed by atoms with E-state index < -0.39 is 6.10 Å². The van der Waals surface area contributed by atoms with E-state index in [0.717, 1.165) is 5.56 Å². The lowest BCUT2D eigenvalue weighted by Gasteiger charge is -2.28. The predicted octanol–water partition coefficient (Wildman–Crippen LogP) is 0.748. The van der Waals surface area contributed by atoms with Crippen molar-refractivity contribution in [2.45, 2.75) is 12.1 Å². The smallest absolute Gasteiger partial charge is 0.123 e. The zero-order valence-electron chi connectivity index (χ0n) is 9.02. The van der Waals surface area contributed by atoms with Crippen molar-refractivity contribution >= 4 is 0 Å². The maximum absolute atomic E-state index is 12.7. The molecular weight excluding hydrogens is 195 g/mol. The van der Waals surface area contributed by atoms with Gasteiger partial charge in [0.15, 0.2) is 0 Å². The lowest BCUT2D eigenvalue weighted by Crippen LogP contribution is -2.36. The monoisotopic (exact) mass is 212 g/mol. The second-order valence-corrected chi connectivity index (χ2v) is 3.76. The molecule has 2 atom stereocenters. The molecular formula is C11H17FN2O. The van der Waals surface area contributed by atoms with E-state index >= 15 is 0 Å². The highest BCUT2D eigenvalue weighted by atomic mass is 19.1. The average Bonchev–Trinajstić information content (AvgIpc) is 2.20. The molecule has 1 rings (SSSR count). The molecule has 0 heterocycles. The highest BCUT2D eigenvalue weighted by molar-refractivity contribution is 5.21. The van der Waals surface area contributed by atoms with Crippen LogP contribution in [0.4, 0.5) is 4.39 Å². The summed E-state index contributed by atoms with van der Waals surface area (Å²) in [4.78, 5) is 1.87. The van der Waals surface area contributed by atoms with Gasteiger partial charge in [-0.05, 0) is 31.8 Å². The maximum atomic E-state index is 12.7. The number of halogens is 1. The maximum Gasteiger partial charge on any atom is 0.123 e. The summed E-state index contributed by atoms with van der Waals surface area (Å²) in [5.74, 6) is -0.279. The van der Waals surface area contributed by atoms with Gasteiger partial charge in [0, 0.05) is 6.54 Å². The first-order valence-corrected chi connectivity index (χ1v) is 4.86. The lowest BCUT2D eigenvalue weighted by molar-refractivity contribution is 0.0823. The molecule has 0 amide bonds. The summed E-state index contributed by atoms with van der Waals surface area (Å²) >= 11 is 0. The molecule has 4 heteroatoms. The summed E-state index contributed by atoms with van der Waals surface area (Å²) in [6.45, 7) is 0.181. The van der Waals surface area contributed by atoms with Gasteiger partial charge in [0.25, 0.3) is 0 Å². The quantitative estimate of drug-likeness (QED) is 0.774. The predicted molar refractivity (Wildman–Crippen MR) is 57.9 cm³/mol. The van der Waals surface area contributed by atoms with Gasteiger partial charge in [-0.1, -0.05) is 12.1 Å². The third-order valence-corrected chi connectivity index (χ3v) is 2.37. The zero-order valence-corrected chi connectivity index (χ0v) is 9.02. The van der Waals surface area contributed by atoms with Crippen LogP contribution in [0.25, 0.3) is 0 Å². The number of nitrogens with zero attached hydrogens (tertiary/aromatic N) is 1. The molecule has 3 nitrogen and oxygen atoms in total. The SMILES string of the molecule is CN(C)C(c1ccc(F)cc1)C(O)CN. The van der Waals surface area contributed by atoms with E-state index in [1.807, 2.05) is 19.0 Å². The van der Waals surface area contributed by atoms with Crippen LogP contribution in [-0.2, 0) is 0 Å². The Balaban J connectivity index is 2.94. The van der Waals surface area contributed by atoms with Gasteiger partial charge in [0.1, 0.15) is 5.82 Å². The molecule has 0 saturated carbocycles. The fraction of sp³-hybridized carbons (Fsp3) is 0.455. The van der Waals surface area contributed by atoms with Crippen molar-refractivity contribution in [1.82, 2.24) is 4.90 Å². The summed E-state index contributed by atoms with van der Waals surface area (Å²) in [6.07, 6.45) is -0.648. The fourth-order valence-electron chi connectivity index (χ4n) is 1.65. The van der Waals surface area contributed by atoms with E-state index in [-0.39, 0.29) is 18.4 Å². The normalized spacial score (nSPS) is 15.3. The molecule has 1 aromatic carbocycles. The standard InChI is InChI=1S/C11H17FN2O/c1-14(2)11(10(15)7-13)8-3-5-9(12)6-4-8/h3-6,10-11,15H,7,13H2,1-2H3. The highest BCUT2D eigenvalue weighted by Gasteiger charge is 2.21. The molecule has 0 aliphatic carbocycles. The molecule has 0 fully saturated rings. The zero-order chi connectivity index (χ0) is 11.4. The van der Waals surface area contributed by atoms with Gasteiger partial charge in [-0.3, -0.25) is 0 Å². The van der Waals surface area contributed by atoms with Crippen molar-refractivity contribution in [3.8, 4) is 0 Å². The molecule has 0 saturated heterocycles. The Labute approximate surface area is 89.3 Å². The van der Waals surface area contributed by atoms with Crippen LogP contribution in [0.2, 0.25) is 0 Å². The number of benzene rings is 1. The molecule has 0 aromatic heterocycles. The molecule has 15 heavy (non-hydrogen) atoms. The molecule has 2 unspecified atom stereocenters. The first-order chi connectivity index (χ1) is 7.06. The minimum atomic E-state index is -0.648. The third-order valence-electron chi connectivity index (χ3n) is 2.37. The minimum absolute atomic E-state index is 0.181. The number of likely N-dealkylation sites (N-methyl/N-ethyl adjacent to an activating group) is 1. The van der Waals surface area contributed by atoms with E-state index in [4.69, 9.17) is 5.73 Å². The van der Waals surface area contributed by atoms with Crippen LogP contribution in [-0.4, -0.2) is 36.8 Å². The number of aliphatic hydroxyl groups is 1. The van der Waals surface area contributed by atoms with Crippen molar-refractivity contribution in [3.63, 3.8) is 0 Å². The van der Waals surface area contributed by atoms with E-state index in [0.29, 0.717) is 0 Å². The molecule has 3 N–H and O–H groups in total. The molecule has 0 bridgehead atoms. The molecule has 0 spiro atoms. The van der Waals surface area contributed by atoms with Crippen molar-refractivity contribution in [2.75, 3.05) is 20.6 Å². The number of nitrogens with two attached hydrogens (primary N) is 1. The fourth-order valence-corrected chi connectivity index (χ4v) is 1.65. The van der Waals surface area contributed by atoms with Gasteiger partial charge in [-0.25, -0.2) is 4.39 Å². The van der Waals surface area contributed by atoms with E-state index in [9.17, 15) is 9.50 Å². The summed E-state index contributed by atoms with van der Waals surface area (Å²) in [5, 5.41) is 9.75. The van der Waals surface area contributed by atoms with E-state index in [1.165, 1.54) is 12.1 Å². The van der Waals surface area contributed by atoms with Crippen LogP contribution in [0.3, 0.4) is 0 Å². The lowest BCUT2D eigenvalue weighted by atomic mass is 10.0. The largest absolute Gasteiger partial charge is 0.390 e. The van der Waals surface area contributed by atoms with Crippen molar-refractivity contribution in [2.24, 2.45) is 5.73 Å². The molecule has 0 aliphatic rings. The second-order valence-electron chi connectivity index (χ2n) is 3.76. The Hall–Kier alpha value is -0.970. The molecule has 84 valence electrons. The Morgan fingerprint density at radius 2 is 1.87 bits per heavy atom. The van der Waals surface area contributed by atoms with Crippen molar-refractivity contribution in [1.29, 1.82) is 0 Å². The number of rotatable bonds is 4. The first kappa shape index (κ1) is 12.1. The minimum Gasteiger partial charge on any atom is -0.390 e. The van der Waals surface area contributed by atoms with E-state index in [2.05, 4.69) is 0 Å². The molecule has 1 aromatic rings. The second kappa shape index (κ2) is 5.21. The van der Waals surface area contributed by atoms with Crippen LogP contribution in [0.5, 0.6) is 0 Å². The highest BCUT2D eigenvalue weighted by Crippen LogP contribution is 2.21.